The highest BCUT2D eigenvalue weighted by molar-refractivity contribution is 6.30. The zero-order chi connectivity index (χ0) is 23.4. The van der Waals surface area contributed by atoms with Crippen molar-refractivity contribution in [3.63, 3.8) is 0 Å². The van der Waals surface area contributed by atoms with E-state index in [1.165, 1.54) is 6.07 Å². The number of hydrogen-bond acceptors (Lipinski definition) is 7. The van der Waals surface area contributed by atoms with Crippen LogP contribution < -0.4 is 15.1 Å². The molecule has 1 aliphatic rings. The van der Waals surface area contributed by atoms with Crippen LogP contribution in [0.5, 0.6) is 11.5 Å². The Hall–Kier alpha value is -3.03. The highest BCUT2D eigenvalue weighted by Gasteiger charge is 2.18. The highest BCUT2D eigenvalue weighted by Crippen LogP contribution is 2.34. The molecule has 2 aromatic carbocycles. The summed E-state index contributed by atoms with van der Waals surface area (Å²) < 4.78 is 27.7. The van der Waals surface area contributed by atoms with Gasteiger partial charge < -0.3 is 23.4 Å². The van der Waals surface area contributed by atoms with Crippen LogP contribution >= 0.6 is 11.6 Å². The molecule has 0 radical (unpaired) electrons. The van der Waals surface area contributed by atoms with E-state index >= 15 is 0 Å². The van der Waals surface area contributed by atoms with Crippen LogP contribution in [0.25, 0.3) is 11.0 Å². The van der Waals surface area contributed by atoms with Crippen LogP contribution in [0.1, 0.15) is 42.0 Å². The van der Waals surface area contributed by atoms with Gasteiger partial charge in [-0.05, 0) is 49.1 Å². The van der Waals surface area contributed by atoms with E-state index < -0.39 is 5.63 Å². The number of benzene rings is 2. The van der Waals surface area contributed by atoms with Crippen molar-refractivity contribution in [2.45, 2.75) is 46.3 Å². The first-order valence-corrected chi connectivity index (χ1v) is 11.2. The first-order chi connectivity index (χ1) is 15.9. The van der Waals surface area contributed by atoms with E-state index in [0.29, 0.717) is 41.7 Å². The molecule has 0 aliphatic carbocycles. The van der Waals surface area contributed by atoms with E-state index in [2.05, 4.69) is 0 Å². The number of aryl methyl sites for hydroxylation is 2. The fourth-order valence-electron chi connectivity index (χ4n) is 3.76. The number of hydrogen-bond donors (Lipinski definition) is 0. The fraction of sp³-hybridized carbons (Fsp3) is 0.360. The molecule has 4 rings (SSSR count). The summed E-state index contributed by atoms with van der Waals surface area (Å²) in [6.07, 6.45) is 1.40. The van der Waals surface area contributed by atoms with Gasteiger partial charge in [0.25, 0.3) is 0 Å². The second-order valence-corrected chi connectivity index (χ2v) is 8.31. The largest absolute Gasteiger partial charge is 0.488 e. The molecule has 0 fully saturated rings. The zero-order valence-corrected chi connectivity index (χ0v) is 19.3. The molecule has 0 saturated carbocycles. The first kappa shape index (κ1) is 23.1. The SMILES string of the molecule is CCCOC(=O)CCc1cc2c(C)cc(=O)oc2cc1OCc1cc(Cl)cc2c1OCOC2. The summed E-state index contributed by atoms with van der Waals surface area (Å²) in [6, 6.07) is 8.63. The lowest BCUT2D eigenvalue weighted by molar-refractivity contribution is -0.143. The van der Waals surface area contributed by atoms with Crippen molar-refractivity contribution in [1.82, 2.24) is 0 Å². The monoisotopic (exact) mass is 472 g/mol. The normalized spacial score (nSPS) is 12.8. The molecule has 0 amide bonds. The van der Waals surface area contributed by atoms with E-state index in [1.807, 2.05) is 19.9 Å². The number of rotatable bonds is 8. The summed E-state index contributed by atoms with van der Waals surface area (Å²) in [5.41, 5.74) is 3.23. The standard InChI is InChI=1S/C25H25ClO7/c1-3-6-30-23(27)5-4-16-10-20-15(2)7-24(28)33-22(20)11-21(16)31-13-18-9-19(26)8-17-12-29-14-32-25(17)18/h7-11H,3-6,12-14H2,1-2H3. The molecule has 0 atom stereocenters. The minimum atomic E-state index is -0.431. The summed E-state index contributed by atoms with van der Waals surface area (Å²) in [7, 11) is 0. The molecule has 174 valence electrons. The Bertz CT molecular complexity index is 1230. The molecule has 7 nitrogen and oxygen atoms in total. The molecule has 33 heavy (non-hydrogen) atoms. The van der Waals surface area contributed by atoms with Gasteiger partial charge in [0.2, 0.25) is 0 Å². The van der Waals surface area contributed by atoms with Gasteiger partial charge in [-0.3, -0.25) is 4.79 Å². The summed E-state index contributed by atoms with van der Waals surface area (Å²) in [4.78, 5) is 24.0. The van der Waals surface area contributed by atoms with E-state index in [-0.39, 0.29) is 25.8 Å². The maximum Gasteiger partial charge on any atom is 0.336 e. The Kier molecular flexibility index (Phi) is 7.20. The van der Waals surface area contributed by atoms with Crippen LogP contribution in [0.4, 0.5) is 0 Å². The van der Waals surface area contributed by atoms with E-state index in [1.54, 1.807) is 18.2 Å². The minimum Gasteiger partial charge on any atom is -0.488 e. The van der Waals surface area contributed by atoms with Crippen molar-refractivity contribution < 1.29 is 28.2 Å². The molecule has 0 unspecified atom stereocenters. The van der Waals surface area contributed by atoms with Crippen LogP contribution in [0.3, 0.4) is 0 Å². The number of halogens is 1. The molecule has 0 N–H and O–H groups in total. The summed E-state index contributed by atoms with van der Waals surface area (Å²) in [5.74, 6) is 0.940. The van der Waals surface area contributed by atoms with Crippen molar-refractivity contribution in [1.29, 1.82) is 0 Å². The average Bonchev–Trinajstić information content (AvgIpc) is 2.79. The smallest absolute Gasteiger partial charge is 0.336 e. The van der Waals surface area contributed by atoms with E-state index in [4.69, 9.17) is 35.0 Å². The van der Waals surface area contributed by atoms with Gasteiger partial charge in [-0.1, -0.05) is 18.5 Å². The number of carbonyl (C=O) groups is 1. The summed E-state index contributed by atoms with van der Waals surface area (Å²) >= 11 is 6.27. The molecular weight excluding hydrogens is 448 g/mol. The molecule has 8 heteroatoms. The third-order valence-electron chi connectivity index (χ3n) is 5.33. The number of fused-ring (bicyclic) bond motifs is 2. The minimum absolute atomic E-state index is 0.160. The Labute approximate surface area is 196 Å². The predicted molar refractivity (Wildman–Crippen MR) is 123 cm³/mol. The second-order valence-electron chi connectivity index (χ2n) is 7.88. The fourth-order valence-corrected chi connectivity index (χ4v) is 4.03. The third kappa shape index (κ3) is 5.49. The van der Waals surface area contributed by atoms with Gasteiger partial charge in [0.05, 0.1) is 13.2 Å². The van der Waals surface area contributed by atoms with Gasteiger partial charge in [0.1, 0.15) is 23.7 Å². The second kappa shape index (κ2) is 10.3. The van der Waals surface area contributed by atoms with Crippen LogP contribution in [0.15, 0.2) is 39.5 Å². The average molecular weight is 473 g/mol. The van der Waals surface area contributed by atoms with Gasteiger partial charge in [-0.15, -0.1) is 0 Å². The third-order valence-corrected chi connectivity index (χ3v) is 5.55. The highest BCUT2D eigenvalue weighted by atomic mass is 35.5. The summed E-state index contributed by atoms with van der Waals surface area (Å²) in [5, 5.41) is 1.35. The van der Waals surface area contributed by atoms with Gasteiger partial charge in [0.15, 0.2) is 6.79 Å². The Morgan fingerprint density at radius 1 is 1.15 bits per heavy atom. The molecule has 0 bridgehead atoms. The van der Waals surface area contributed by atoms with Crippen LogP contribution in [0.2, 0.25) is 5.02 Å². The predicted octanol–water partition coefficient (Wildman–Crippen LogP) is 5.09. The Morgan fingerprint density at radius 3 is 2.82 bits per heavy atom. The van der Waals surface area contributed by atoms with Crippen LogP contribution in [-0.2, 0) is 33.9 Å². The van der Waals surface area contributed by atoms with E-state index in [9.17, 15) is 9.59 Å². The molecule has 0 saturated heterocycles. The van der Waals surface area contributed by atoms with Crippen molar-refractivity contribution in [3.05, 3.63) is 68.0 Å². The Morgan fingerprint density at radius 2 is 2.00 bits per heavy atom. The van der Waals surface area contributed by atoms with Gasteiger partial charge >= 0.3 is 11.6 Å². The van der Waals surface area contributed by atoms with Gasteiger partial charge in [-0.2, -0.15) is 0 Å². The topological polar surface area (TPSA) is 84.2 Å². The van der Waals surface area contributed by atoms with E-state index in [0.717, 1.165) is 34.1 Å². The van der Waals surface area contributed by atoms with Crippen LogP contribution in [-0.4, -0.2) is 19.4 Å². The van der Waals surface area contributed by atoms with Crippen molar-refractivity contribution >= 4 is 28.5 Å². The van der Waals surface area contributed by atoms with Crippen LogP contribution in [0, 0.1) is 6.92 Å². The Balaban J connectivity index is 1.64. The van der Waals surface area contributed by atoms with Crippen molar-refractivity contribution in [2.24, 2.45) is 0 Å². The maximum atomic E-state index is 12.1. The lowest BCUT2D eigenvalue weighted by atomic mass is 10.0. The maximum absolute atomic E-state index is 12.1. The first-order valence-electron chi connectivity index (χ1n) is 10.8. The van der Waals surface area contributed by atoms with Crippen molar-refractivity contribution in [2.75, 3.05) is 13.4 Å². The zero-order valence-electron chi connectivity index (χ0n) is 18.6. The van der Waals surface area contributed by atoms with Gasteiger partial charge in [0, 0.05) is 40.1 Å². The quantitative estimate of drug-likeness (QED) is 0.333. The van der Waals surface area contributed by atoms with Gasteiger partial charge in [-0.25, -0.2) is 4.79 Å². The molecule has 1 aliphatic heterocycles. The molecule has 1 aromatic heterocycles. The number of esters is 1. The lowest BCUT2D eigenvalue weighted by Crippen LogP contribution is -2.14. The molecule has 0 spiro atoms. The summed E-state index contributed by atoms with van der Waals surface area (Å²) in [6.45, 7) is 4.94. The molecular formula is C25H25ClO7. The molecule has 3 aromatic rings. The lowest BCUT2D eigenvalue weighted by Gasteiger charge is -2.21. The number of carbonyl (C=O) groups excluding carboxylic acids is 1. The molecule has 2 heterocycles. The number of ether oxygens (including phenoxy) is 4. The van der Waals surface area contributed by atoms with Crippen molar-refractivity contribution in [3.8, 4) is 11.5 Å².